The third-order valence-electron chi connectivity index (χ3n) is 2.44. The van der Waals surface area contributed by atoms with Gasteiger partial charge in [0.15, 0.2) is 0 Å². The quantitative estimate of drug-likeness (QED) is 0.814. The highest BCUT2D eigenvalue weighted by molar-refractivity contribution is 9.11. The Hall–Kier alpha value is -0.230. The van der Waals surface area contributed by atoms with Gasteiger partial charge in [0.1, 0.15) is 5.82 Å². The monoisotopic (exact) mass is 377 g/mol. The average molecular weight is 379 g/mol. The second kappa shape index (κ2) is 5.61. The van der Waals surface area contributed by atoms with Crippen LogP contribution in [0.2, 0.25) is 0 Å². The molecule has 0 radical (unpaired) electrons. The minimum absolute atomic E-state index is 0.112. The molecule has 0 aliphatic carbocycles. The van der Waals surface area contributed by atoms with Crippen molar-refractivity contribution in [1.29, 1.82) is 0 Å². The van der Waals surface area contributed by atoms with Crippen LogP contribution in [0.25, 0.3) is 0 Å². The van der Waals surface area contributed by atoms with Crippen molar-refractivity contribution in [3.63, 3.8) is 0 Å². The zero-order chi connectivity index (χ0) is 12.4. The predicted molar refractivity (Wildman–Crippen MR) is 77.0 cm³/mol. The summed E-state index contributed by atoms with van der Waals surface area (Å²) in [5.41, 5.74) is 0.657. The molecule has 0 saturated heterocycles. The Kier molecular flexibility index (Phi) is 4.36. The second-order valence-electron chi connectivity index (χ2n) is 3.53. The first-order valence-corrected chi connectivity index (χ1v) is 7.39. The molecule has 0 fully saturated rings. The molecule has 1 N–H and O–H groups in total. The maximum absolute atomic E-state index is 13.9. The summed E-state index contributed by atoms with van der Waals surface area (Å²) in [4.78, 5) is 1.08. The molecule has 0 spiro atoms. The van der Waals surface area contributed by atoms with Crippen LogP contribution in [0, 0.1) is 5.82 Å². The lowest BCUT2D eigenvalue weighted by molar-refractivity contribution is 0.578. The number of rotatable bonds is 3. The van der Waals surface area contributed by atoms with Gasteiger partial charge < -0.3 is 5.32 Å². The molecule has 1 atom stereocenters. The highest BCUT2D eigenvalue weighted by Crippen LogP contribution is 2.32. The number of nitrogens with one attached hydrogen (secondary N) is 1. The third kappa shape index (κ3) is 2.96. The van der Waals surface area contributed by atoms with E-state index in [-0.39, 0.29) is 11.9 Å². The summed E-state index contributed by atoms with van der Waals surface area (Å²) in [5, 5.41) is 3.14. The molecule has 1 nitrogen and oxygen atoms in total. The van der Waals surface area contributed by atoms with E-state index in [1.807, 2.05) is 25.2 Å². The van der Waals surface area contributed by atoms with Crippen molar-refractivity contribution in [3.05, 3.63) is 54.8 Å². The number of benzene rings is 1. The molecule has 2 aromatic rings. The maximum atomic E-state index is 13.9. The van der Waals surface area contributed by atoms with Crippen LogP contribution < -0.4 is 5.32 Å². The van der Waals surface area contributed by atoms with E-state index in [9.17, 15) is 4.39 Å². The van der Waals surface area contributed by atoms with Gasteiger partial charge in [0.05, 0.1) is 9.83 Å². The van der Waals surface area contributed by atoms with E-state index < -0.39 is 0 Å². The van der Waals surface area contributed by atoms with Gasteiger partial charge in [-0.3, -0.25) is 0 Å². The van der Waals surface area contributed by atoms with Crippen molar-refractivity contribution in [3.8, 4) is 0 Å². The lowest BCUT2D eigenvalue weighted by Gasteiger charge is -2.16. The molecule has 0 aliphatic rings. The fraction of sp³-hybridized carbons (Fsp3) is 0.167. The van der Waals surface area contributed by atoms with E-state index in [0.717, 1.165) is 13.1 Å². The summed E-state index contributed by atoms with van der Waals surface area (Å²) in [6.45, 7) is 0. The molecule has 1 heterocycles. The van der Waals surface area contributed by atoms with E-state index >= 15 is 0 Å². The number of hydrogen-bond acceptors (Lipinski definition) is 2. The molecule has 0 aliphatic heterocycles. The lowest BCUT2D eigenvalue weighted by Crippen LogP contribution is -2.17. The summed E-state index contributed by atoms with van der Waals surface area (Å²) >= 11 is 8.29. The van der Waals surface area contributed by atoms with E-state index in [0.29, 0.717) is 5.56 Å². The van der Waals surface area contributed by atoms with E-state index in [1.54, 1.807) is 17.4 Å². The van der Waals surface area contributed by atoms with Crippen molar-refractivity contribution in [2.45, 2.75) is 6.04 Å². The molecular weight excluding hydrogens is 369 g/mol. The van der Waals surface area contributed by atoms with Crippen LogP contribution in [0.5, 0.6) is 0 Å². The summed E-state index contributed by atoms with van der Waals surface area (Å²) in [6.07, 6.45) is 0. The first kappa shape index (κ1) is 13.2. The van der Waals surface area contributed by atoms with Gasteiger partial charge in [0.2, 0.25) is 0 Å². The summed E-state index contributed by atoms with van der Waals surface area (Å²) in [5.74, 6) is -0.205. The van der Waals surface area contributed by atoms with Gasteiger partial charge in [0.25, 0.3) is 0 Å². The van der Waals surface area contributed by atoms with E-state index in [2.05, 4.69) is 37.2 Å². The average Bonchev–Trinajstić information content (AvgIpc) is 2.69. The number of halogens is 3. The molecule has 0 bridgehead atoms. The van der Waals surface area contributed by atoms with Gasteiger partial charge in [-0.15, -0.1) is 11.3 Å². The number of thiophene rings is 1. The molecule has 90 valence electrons. The molecule has 1 unspecified atom stereocenters. The zero-order valence-electron chi connectivity index (χ0n) is 9.01. The number of hydrogen-bond donors (Lipinski definition) is 1. The van der Waals surface area contributed by atoms with Gasteiger partial charge in [-0.2, -0.15) is 0 Å². The molecule has 17 heavy (non-hydrogen) atoms. The van der Waals surface area contributed by atoms with Crippen LogP contribution in [-0.2, 0) is 0 Å². The second-order valence-corrected chi connectivity index (χ2v) is 6.94. The Morgan fingerprint density at radius 2 is 2.00 bits per heavy atom. The predicted octanol–water partition coefficient (Wildman–Crippen LogP) is 4.72. The van der Waals surface area contributed by atoms with Crippen LogP contribution in [0.3, 0.4) is 0 Å². The van der Waals surface area contributed by atoms with E-state index in [4.69, 9.17) is 0 Å². The maximum Gasteiger partial charge on any atom is 0.129 e. The highest BCUT2D eigenvalue weighted by atomic mass is 79.9. The fourth-order valence-electron chi connectivity index (χ4n) is 1.67. The Labute approximate surface area is 120 Å². The summed E-state index contributed by atoms with van der Waals surface area (Å²) < 4.78 is 15.7. The Morgan fingerprint density at radius 3 is 2.53 bits per heavy atom. The van der Waals surface area contributed by atoms with Gasteiger partial charge in [-0.1, -0.05) is 22.0 Å². The highest BCUT2D eigenvalue weighted by Gasteiger charge is 2.17. The van der Waals surface area contributed by atoms with Crippen molar-refractivity contribution in [2.75, 3.05) is 7.05 Å². The molecule has 1 aromatic carbocycles. The van der Waals surface area contributed by atoms with Gasteiger partial charge in [-0.25, -0.2) is 4.39 Å². The van der Waals surface area contributed by atoms with Crippen LogP contribution in [0.15, 0.2) is 38.6 Å². The largest absolute Gasteiger partial charge is 0.309 e. The SMILES string of the molecule is CNC(c1ccc(Br)s1)c1ccc(Br)cc1F. The Balaban J connectivity index is 2.42. The van der Waals surface area contributed by atoms with Crippen LogP contribution >= 0.6 is 43.2 Å². The summed E-state index contributed by atoms with van der Waals surface area (Å²) in [7, 11) is 1.83. The van der Waals surface area contributed by atoms with Crippen molar-refractivity contribution < 1.29 is 4.39 Å². The van der Waals surface area contributed by atoms with Crippen molar-refractivity contribution >= 4 is 43.2 Å². The van der Waals surface area contributed by atoms with Crippen molar-refractivity contribution in [1.82, 2.24) is 5.32 Å². The van der Waals surface area contributed by atoms with Crippen molar-refractivity contribution in [2.24, 2.45) is 0 Å². The van der Waals surface area contributed by atoms with E-state index in [1.165, 1.54) is 6.07 Å². The smallest absolute Gasteiger partial charge is 0.129 e. The first-order valence-electron chi connectivity index (χ1n) is 4.99. The first-order chi connectivity index (χ1) is 8.11. The van der Waals surface area contributed by atoms with Gasteiger partial charge in [0, 0.05) is 14.9 Å². The lowest BCUT2D eigenvalue weighted by atomic mass is 10.1. The minimum atomic E-state index is -0.205. The Bertz CT molecular complexity index is 527. The van der Waals surface area contributed by atoms with Crippen LogP contribution in [0.4, 0.5) is 4.39 Å². The molecule has 0 saturated carbocycles. The van der Waals surface area contributed by atoms with Gasteiger partial charge >= 0.3 is 0 Å². The molecular formula is C12H10Br2FNS. The normalized spacial score (nSPS) is 12.7. The molecule has 1 aromatic heterocycles. The van der Waals surface area contributed by atoms with Gasteiger partial charge in [-0.05, 0) is 47.2 Å². The molecule has 2 rings (SSSR count). The zero-order valence-corrected chi connectivity index (χ0v) is 13.0. The van der Waals surface area contributed by atoms with Crippen LogP contribution in [-0.4, -0.2) is 7.05 Å². The Morgan fingerprint density at radius 1 is 1.24 bits per heavy atom. The fourth-order valence-corrected chi connectivity index (χ4v) is 3.56. The van der Waals surface area contributed by atoms with Crippen LogP contribution in [0.1, 0.15) is 16.5 Å². The summed E-state index contributed by atoms with van der Waals surface area (Å²) in [6, 6.07) is 9.00. The molecule has 0 amide bonds. The third-order valence-corrected chi connectivity index (χ3v) is 4.62. The standard InChI is InChI=1S/C12H10Br2FNS/c1-16-12(10-4-5-11(14)17-10)8-3-2-7(13)6-9(8)15/h2-6,12,16H,1H3. The topological polar surface area (TPSA) is 12.0 Å². The molecule has 5 heteroatoms. The minimum Gasteiger partial charge on any atom is -0.309 e.